The van der Waals surface area contributed by atoms with E-state index >= 15 is 0 Å². The standard InChI is InChI=1S/C18H21N3O5S/c1-11(2)17(24)21-18-20-13(10-27-18)8-16(23)26-9-15(22)19-12-4-6-14(25-3)7-5-12/h4-7,10-11H,8-9H2,1-3H3,(H,19,22)(H,20,21,24). The molecule has 0 unspecified atom stereocenters. The number of amides is 2. The average Bonchev–Trinajstić information content (AvgIpc) is 3.07. The molecule has 0 aliphatic heterocycles. The van der Waals surface area contributed by atoms with E-state index in [4.69, 9.17) is 9.47 Å². The average molecular weight is 391 g/mol. The number of benzene rings is 1. The number of hydrogen-bond acceptors (Lipinski definition) is 7. The summed E-state index contributed by atoms with van der Waals surface area (Å²) in [5.41, 5.74) is 1.04. The highest BCUT2D eigenvalue weighted by molar-refractivity contribution is 7.13. The van der Waals surface area contributed by atoms with Crippen LogP contribution in [0, 0.1) is 5.92 Å². The van der Waals surface area contributed by atoms with Crippen molar-refractivity contribution in [2.75, 3.05) is 24.4 Å². The molecule has 2 amide bonds. The highest BCUT2D eigenvalue weighted by atomic mass is 32.1. The quantitative estimate of drug-likeness (QED) is 0.670. The van der Waals surface area contributed by atoms with Crippen molar-refractivity contribution in [3.05, 3.63) is 35.3 Å². The van der Waals surface area contributed by atoms with Crippen molar-refractivity contribution >= 4 is 39.9 Å². The molecule has 0 radical (unpaired) electrons. The summed E-state index contributed by atoms with van der Waals surface area (Å²) in [5.74, 6) is -0.657. The third-order valence-corrected chi connectivity index (χ3v) is 4.18. The van der Waals surface area contributed by atoms with Gasteiger partial charge < -0.3 is 20.1 Å². The molecule has 8 nitrogen and oxygen atoms in total. The molecular formula is C18H21N3O5S. The SMILES string of the molecule is COc1ccc(NC(=O)COC(=O)Cc2csc(NC(=O)C(C)C)n2)cc1. The third kappa shape index (κ3) is 6.70. The third-order valence-electron chi connectivity index (χ3n) is 3.37. The first kappa shape index (κ1) is 20.4. The van der Waals surface area contributed by atoms with Crippen LogP contribution < -0.4 is 15.4 Å². The van der Waals surface area contributed by atoms with Gasteiger partial charge in [0.15, 0.2) is 11.7 Å². The molecule has 2 rings (SSSR count). The minimum Gasteiger partial charge on any atom is -0.497 e. The molecule has 1 aromatic heterocycles. The van der Waals surface area contributed by atoms with Crippen LogP contribution in [0.1, 0.15) is 19.5 Å². The zero-order valence-corrected chi connectivity index (χ0v) is 16.1. The Bertz CT molecular complexity index is 802. The maximum atomic E-state index is 11.9. The first-order valence-corrected chi connectivity index (χ1v) is 9.10. The van der Waals surface area contributed by atoms with Crippen molar-refractivity contribution in [2.45, 2.75) is 20.3 Å². The Morgan fingerprint density at radius 1 is 1.15 bits per heavy atom. The summed E-state index contributed by atoms with van der Waals surface area (Å²) in [6, 6.07) is 6.78. The van der Waals surface area contributed by atoms with Gasteiger partial charge >= 0.3 is 5.97 Å². The molecule has 2 aromatic rings. The molecule has 0 spiro atoms. The van der Waals surface area contributed by atoms with E-state index < -0.39 is 18.5 Å². The van der Waals surface area contributed by atoms with Crippen LogP contribution in [-0.2, 0) is 25.5 Å². The maximum absolute atomic E-state index is 11.9. The Kier molecular flexibility index (Phi) is 7.30. The summed E-state index contributed by atoms with van der Waals surface area (Å²) >= 11 is 1.23. The van der Waals surface area contributed by atoms with Gasteiger partial charge in [0.2, 0.25) is 5.91 Å². The second kappa shape index (κ2) is 9.67. The van der Waals surface area contributed by atoms with Gasteiger partial charge in [-0.15, -0.1) is 11.3 Å². The first-order chi connectivity index (χ1) is 12.9. The van der Waals surface area contributed by atoms with Crippen molar-refractivity contribution in [1.82, 2.24) is 4.98 Å². The largest absolute Gasteiger partial charge is 0.497 e. The van der Waals surface area contributed by atoms with Gasteiger partial charge in [0, 0.05) is 17.0 Å². The number of methoxy groups -OCH3 is 1. The van der Waals surface area contributed by atoms with E-state index in [0.717, 1.165) is 0 Å². The minimum absolute atomic E-state index is 0.0795. The fourth-order valence-electron chi connectivity index (χ4n) is 1.91. The number of anilines is 2. The number of carbonyl (C=O) groups excluding carboxylic acids is 3. The molecule has 0 aliphatic rings. The lowest BCUT2D eigenvalue weighted by Crippen LogP contribution is -2.21. The van der Waals surface area contributed by atoms with Crippen molar-refractivity contribution in [2.24, 2.45) is 5.92 Å². The molecule has 1 heterocycles. The number of nitrogens with zero attached hydrogens (tertiary/aromatic N) is 1. The number of rotatable bonds is 8. The number of aromatic nitrogens is 1. The van der Waals surface area contributed by atoms with Gasteiger partial charge in [-0.2, -0.15) is 0 Å². The minimum atomic E-state index is -0.577. The zero-order chi connectivity index (χ0) is 19.8. The first-order valence-electron chi connectivity index (χ1n) is 8.22. The lowest BCUT2D eigenvalue weighted by atomic mass is 10.2. The number of nitrogens with one attached hydrogen (secondary N) is 2. The molecule has 0 saturated carbocycles. The van der Waals surface area contributed by atoms with Crippen LogP contribution in [-0.4, -0.2) is 36.5 Å². The molecule has 0 bridgehead atoms. The number of carbonyl (C=O) groups is 3. The Morgan fingerprint density at radius 2 is 1.85 bits per heavy atom. The number of ether oxygens (including phenoxy) is 2. The number of hydrogen-bond donors (Lipinski definition) is 2. The van der Waals surface area contributed by atoms with E-state index in [1.165, 1.54) is 11.3 Å². The van der Waals surface area contributed by atoms with Crippen LogP contribution in [0.4, 0.5) is 10.8 Å². The molecule has 144 valence electrons. The molecule has 0 aliphatic carbocycles. The van der Waals surface area contributed by atoms with E-state index in [-0.39, 0.29) is 18.2 Å². The van der Waals surface area contributed by atoms with Crippen molar-refractivity contribution in [3.8, 4) is 5.75 Å². The smallest absolute Gasteiger partial charge is 0.312 e. The molecule has 9 heteroatoms. The van der Waals surface area contributed by atoms with Crippen molar-refractivity contribution < 1.29 is 23.9 Å². The lowest BCUT2D eigenvalue weighted by Gasteiger charge is -2.07. The van der Waals surface area contributed by atoms with Crippen LogP contribution in [0.25, 0.3) is 0 Å². The summed E-state index contributed by atoms with van der Waals surface area (Å²) in [4.78, 5) is 39.5. The highest BCUT2D eigenvalue weighted by Crippen LogP contribution is 2.17. The van der Waals surface area contributed by atoms with Crippen LogP contribution in [0.5, 0.6) is 5.75 Å². The number of thiazole rings is 1. The summed E-state index contributed by atoms with van der Waals surface area (Å²) in [6.07, 6.45) is -0.0795. The Morgan fingerprint density at radius 3 is 2.48 bits per heavy atom. The highest BCUT2D eigenvalue weighted by Gasteiger charge is 2.13. The predicted molar refractivity (Wildman–Crippen MR) is 102 cm³/mol. The fraction of sp³-hybridized carbons (Fsp3) is 0.333. The van der Waals surface area contributed by atoms with Gasteiger partial charge in [0.05, 0.1) is 19.2 Å². The zero-order valence-electron chi connectivity index (χ0n) is 15.3. The van der Waals surface area contributed by atoms with Gasteiger partial charge in [-0.3, -0.25) is 14.4 Å². The van der Waals surface area contributed by atoms with Gasteiger partial charge in [0.25, 0.3) is 5.91 Å². The van der Waals surface area contributed by atoms with Gasteiger partial charge in [0.1, 0.15) is 5.75 Å². The molecule has 0 fully saturated rings. The molecule has 0 atom stereocenters. The van der Waals surface area contributed by atoms with Gasteiger partial charge in [-0.05, 0) is 24.3 Å². The van der Waals surface area contributed by atoms with E-state index in [2.05, 4.69) is 15.6 Å². The second-order valence-electron chi connectivity index (χ2n) is 5.90. The Hall–Kier alpha value is -2.94. The lowest BCUT2D eigenvalue weighted by molar-refractivity contribution is -0.146. The van der Waals surface area contributed by atoms with Gasteiger partial charge in [-0.25, -0.2) is 4.98 Å². The van der Waals surface area contributed by atoms with Crippen molar-refractivity contribution in [1.29, 1.82) is 0 Å². The predicted octanol–water partition coefficient (Wildman–Crippen LogP) is 2.47. The molecule has 27 heavy (non-hydrogen) atoms. The van der Waals surface area contributed by atoms with Crippen LogP contribution in [0.2, 0.25) is 0 Å². The van der Waals surface area contributed by atoms with Crippen LogP contribution in [0.3, 0.4) is 0 Å². The molecule has 0 saturated heterocycles. The topological polar surface area (TPSA) is 107 Å². The van der Waals surface area contributed by atoms with E-state index in [1.54, 1.807) is 50.6 Å². The Balaban J connectivity index is 1.76. The van der Waals surface area contributed by atoms with E-state index in [1.807, 2.05) is 0 Å². The monoisotopic (exact) mass is 391 g/mol. The summed E-state index contributed by atoms with van der Waals surface area (Å²) in [5, 5.41) is 7.37. The number of esters is 1. The molecule has 1 aromatic carbocycles. The molecular weight excluding hydrogens is 370 g/mol. The van der Waals surface area contributed by atoms with E-state index in [0.29, 0.717) is 22.3 Å². The summed E-state index contributed by atoms with van der Waals surface area (Å²) < 4.78 is 9.99. The molecule has 2 N–H and O–H groups in total. The summed E-state index contributed by atoms with van der Waals surface area (Å²) in [6.45, 7) is 3.16. The van der Waals surface area contributed by atoms with Crippen LogP contribution in [0.15, 0.2) is 29.6 Å². The fourth-order valence-corrected chi connectivity index (χ4v) is 2.62. The van der Waals surface area contributed by atoms with Crippen molar-refractivity contribution in [3.63, 3.8) is 0 Å². The normalized spacial score (nSPS) is 10.4. The summed E-state index contributed by atoms with van der Waals surface area (Å²) in [7, 11) is 1.55. The maximum Gasteiger partial charge on any atom is 0.312 e. The Labute approximate surface area is 160 Å². The second-order valence-corrected chi connectivity index (χ2v) is 6.76. The van der Waals surface area contributed by atoms with Crippen LogP contribution >= 0.6 is 11.3 Å². The van der Waals surface area contributed by atoms with Gasteiger partial charge in [-0.1, -0.05) is 13.8 Å². The van der Waals surface area contributed by atoms with E-state index in [9.17, 15) is 14.4 Å².